The van der Waals surface area contributed by atoms with Crippen LogP contribution in [0, 0.1) is 0 Å². The Morgan fingerprint density at radius 2 is 1.52 bits per heavy atom. The largest absolute Gasteiger partial charge is 2.00 e. The molecule has 2 heterocycles. The van der Waals surface area contributed by atoms with Crippen LogP contribution in [-0.2, 0) is 23.3 Å². The van der Waals surface area contributed by atoms with E-state index >= 15 is 0 Å². The van der Waals surface area contributed by atoms with Gasteiger partial charge in [0.15, 0.2) is 6.29 Å². The molecular weight excluding hydrogens is 479 g/mol. The van der Waals surface area contributed by atoms with Gasteiger partial charge in [0.2, 0.25) is 5.79 Å². The molecule has 2 aliphatic heterocycles. The van der Waals surface area contributed by atoms with E-state index in [2.05, 4.69) is 4.52 Å². The second kappa shape index (κ2) is 12.6. The van der Waals surface area contributed by atoms with E-state index in [4.69, 9.17) is 29.1 Å². The van der Waals surface area contributed by atoms with Crippen molar-refractivity contribution in [1.29, 1.82) is 0 Å². The Morgan fingerprint density at radius 3 is 1.97 bits per heavy atom. The smallest absolute Gasteiger partial charge is 1.00 e. The Kier molecular flexibility index (Phi) is 13.6. The molecule has 0 aromatic carbocycles. The maximum absolute atomic E-state index is 10.8. The molecule has 0 amide bonds. The fraction of sp³-hybridized carbons (Fsp3) is 1.00. The zero-order chi connectivity index (χ0) is 20.6. The molecule has 0 spiro atoms. The number of aliphatic hydroxyl groups is 7. The van der Waals surface area contributed by atoms with Gasteiger partial charge in [0.1, 0.15) is 49.3 Å². The van der Waals surface area contributed by atoms with Gasteiger partial charge in [-0.1, -0.05) is 0 Å². The molecule has 0 aromatic rings. The molecule has 29 heavy (non-hydrogen) atoms. The molecule has 0 unspecified atom stereocenters. The minimum Gasteiger partial charge on any atom is -1.00 e. The SMILES string of the molecule is O=P(O)(O)OC[C@H]1O[C@H](O[C@]2(CO)O[C@H](CO)[C@@H](O)[C@@H]2O)[C@H](O)[C@@H](O)[C@@H]1O.[Ca+2].[Ca+2].[H-].[H-].[H-].[H-]. The maximum Gasteiger partial charge on any atom is 2.00 e. The average Bonchev–Trinajstić information content (AvgIpc) is 2.85. The van der Waals surface area contributed by atoms with Crippen molar-refractivity contribution in [3.8, 4) is 0 Å². The fourth-order valence-electron chi connectivity index (χ4n) is 2.79. The Morgan fingerprint density at radius 1 is 0.931 bits per heavy atom. The third kappa shape index (κ3) is 7.36. The first-order chi connectivity index (χ1) is 12.5. The summed E-state index contributed by atoms with van der Waals surface area (Å²) in [5, 5.41) is 68.3. The number of ether oxygens (including phenoxy) is 3. The molecule has 14 nitrogen and oxygen atoms in total. The summed E-state index contributed by atoms with van der Waals surface area (Å²) in [4.78, 5) is 17.4. The molecule has 9 atom stereocenters. The summed E-state index contributed by atoms with van der Waals surface area (Å²) in [6.45, 7) is -2.69. The second-order valence-corrected chi connectivity index (χ2v) is 7.40. The van der Waals surface area contributed by atoms with E-state index in [-0.39, 0.29) is 81.2 Å². The van der Waals surface area contributed by atoms with Crippen molar-refractivity contribution >= 4 is 83.3 Å². The van der Waals surface area contributed by atoms with Crippen LogP contribution in [0.2, 0.25) is 0 Å². The molecule has 0 saturated carbocycles. The summed E-state index contributed by atoms with van der Waals surface area (Å²) >= 11 is 0. The number of hydrogen-bond acceptors (Lipinski definition) is 12. The maximum atomic E-state index is 10.8. The van der Waals surface area contributed by atoms with E-state index in [9.17, 15) is 35.2 Å². The summed E-state index contributed by atoms with van der Waals surface area (Å²) in [5.41, 5.74) is 0. The molecule has 2 saturated heterocycles. The predicted molar refractivity (Wildman–Crippen MR) is 95.5 cm³/mol. The molecule has 2 fully saturated rings. The first-order valence-corrected chi connectivity index (χ1v) is 9.32. The third-order valence-electron chi connectivity index (χ3n) is 4.30. The van der Waals surface area contributed by atoms with Crippen LogP contribution in [-0.4, -0.2) is 196 Å². The van der Waals surface area contributed by atoms with Gasteiger partial charge in [0.05, 0.1) is 13.2 Å². The van der Waals surface area contributed by atoms with Gasteiger partial charge in [0, 0.05) is 0 Å². The van der Waals surface area contributed by atoms with E-state index < -0.39 is 82.4 Å². The van der Waals surface area contributed by atoms with Crippen LogP contribution in [0.25, 0.3) is 0 Å². The van der Waals surface area contributed by atoms with Crippen molar-refractivity contribution in [1.82, 2.24) is 0 Å². The molecular formula is C12H27Ca2O14P. The van der Waals surface area contributed by atoms with Crippen molar-refractivity contribution in [2.75, 3.05) is 19.8 Å². The van der Waals surface area contributed by atoms with Crippen LogP contribution in [0.1, 0.15) is 5.71 Å². The van der Waals surface area contributed by atoms with Crippen LogP contribution >= 0.6 is 7.82 Å². The quantitative estimate of drug-likeness (QED) is 0.116. The molecule has 0 aliphatic carbocycles. The molecule has 2 rings (SSSR count). The van der Waals surface area contributed by atoms with E-state index in [0.29, 0.717) is 0 Å². The minimum atomic E-state index is -4.93. The van der Waals surface area contributed by atoms with Crippen LogP contribution in [0.3, 0.4) is 0 Å². The van der Waals surface area contributed by atoms with E-state index in [1.807, 2.05) is 0 Å². The predicted octanol–water partition coefficient (Wildman–Crippen LogP) is -5.59. The summed E-state index contributed by atoms with van der Waals surface area (Å²) in [5.74, 6) is -2.35. The number of hydrogen-bond donors (Lipinski definition) is 9. The minimum absolute atomic E-state index is 0. The third-order valence-corrected chi connectivity index (χ3v) is 4.78. The van der Waals surface area contributed by atoms with Crippen LogP contribution < -0.4 is 0 Å². The number of phosphoric ester groups is 1. The van der Waals surface area contributed by atoms with Crippen molar-refractivity contribution in [2.24, 2.45) is 0 Å². The molecule has 0 bridgehead atoms. The Bertz CT molecular complexity index is 570. The number of rotatable bonds is 7. The van der Waals surface area contributed by atoms with Crippen molar-refractivity contribution < 1.29 is 74.5 Å². The Labute approximate surface area is 230 Å². The van der Waals surface area contributed by atoms with Gasteiger partial charge in [0.25, 0.3) is 0 Å². The zero-order valence-electron chi connectivity index (χ0n) is 19.2. The van der Waals surface area contributed by atoms with Gasteiger partial charge in [-0.2, -0.15) is 0 Å². The van der Waals surface area contributed by atoms with Crippen LogP contribution in [0.15, 0.2) is 0 Å². The monoisotopic (exact) mass is 506 g/mol. The molecule has 0 radical (unpaired) electrons. The molecule has 17 heteroatoms. The van der Waals surface area contributed by atoms with E-state index in [1.165, 1.54) is 0 Å². The standard InChI is InChI=1S/C12H23O14P.2Ca.4H/c13-1-4-7(16)10(19)12(3-14,25-4)26-11-9(18)8(17)6(15)5(24-11)2-23-27(20,21)22;;;;;;/h4-11,13-19H,1-3H2,(H2,20,21,22);;;;;;/q;2*+2;4*-1/t4-,5-,6-,7-,8+,9-,10+,11-,12+;;;;;;/m1....../s1. The number of phosphoric acid groups is 1. The van der Waals surface area contributed by atoms with Crippen molar-refractivity contribution in [3.63, 3.8) is 0 Å². The molecule has 2 aliphatic rings. The van der Waals surface area contributed by atoms with Crippen LogP contribution in [0.5, 0.6) is 0 Å². The first kappa shape index (κ1) is 31.2. The van der Waals surface area contributed by atoms with E-state index in [1.54, 1.807) is 0 Å². The Hall–Kier alpha value is 2.23. The van der Waals surface area contributed by atoms with Gasteiger partial charge >= 0.3 is 83.3 Å². The topological polar surface area (TPSA) is 236 Å². The van der Waals surface area contributed by atoms with Gasteiger partial charge in [-0.3, -0.25) is 4.52 Å². The normalized spacial score (nSPS) is 42.8. The van der Waals surface area contributed by atoms with Crippen molar-refractivity contribution in [3.05, 3.63) is 0 Å². The van der Waals surface area contributed by atoms with Gasteiger partial charge in [-0.05, 0) is 0 Å². The zero-order valence-corrected chi connectivity index (χ0v) is 20.5. The van der Waals surface area contributed by atoms with Gasteiger partial charge < -0.3 is 65.4 Å². The Balaban J connectivity index is -0.000000436. The summed E-state index contributed by atoms with van der Waals surface area (Å²) in [6.07, 6.45) is -14.0. The molecule has 0 aromatic heterocycles. The first-order valence-electron chi connectivity index (χ1n) is 7.79. The summed E-state index contributed by atoms with van der Waals surface area (Å²) in [6, 6.07) is 0. The van der Waals surface area contributed by atoms with E-state index in [0.717, 1.165) is 0 Å². The molecule has 168 valence electrons. The average molecular weight is 506 g/mol. The van der Waals surface area contributed by atoms with Gasteiger partial charge in [-0.25, -0.2) is 4.57 Å². The number of aliphatic hydroxyl groups excluding tert-OH is 7. The fourth-order valence-corrected chi connectivity index (χ4v) is 3.13. The van der Waals surface area contributed by atoms with Gasteiger partial charge in [-0.15, -0.1) is 0 Å². The summed E-state index contributed by atoms with van der Waals surface area (Å²) < 4.78 is 30.4. The summed E-state index contributed by atoms with van der Waals surface area (Å²) in [7, 11) is -4.93. The van der Waals surface area contributed by atoms with Crippen LogP contribution in [0.4, 0.5) is 0 Å². The second-order valence-electron chi connectivity index (χ2n) is 6.16. The van der Waals surface area contributed by atoms with Crippen molar-refractivity contribution in [2.45, 2.75) is 54.8 Å². The molecule has 9 N–H and O–H groups in total.